The van der Waals surface area contributed by atoms with E-state index in [9.17, 15) is 18.4 Å². The molecule has 0 radical (unpaired) electrons. The molecule has 8 nitrogen and oxygen atoms in total. The fraction of sp³-hybridized carbons (Fsp3) is 0.231. The van der Waals surface area contributed by atoms with Crippen molar-refractivity contribution in [1.29, 1.82) is 0 Å². The molecule has 2 heterocycles. The third-order valence-electron chi connectivity index (χ3n) is 5.75. The number of rotatable bonds is 9. The quantitative estimate of drug-likeness (QED) is 0.237. The van der Waals surface area contributed by atoms with Gasteiger partial charge in [0.05, 0.1) is 21.2 Å². The van der Waals surface area contributed by atoms with Gasteiger partial charge >= 0.3 is 0 Å². The Labute approximate surface area is 226 Å². The maximum absolute atomic E-state index is 14.4. The van der Waals surface area contributed by atoms with Crippen LogP contribution in [-0.2, 0) is 0 Å². The summed E-state index contributed by atoms with van der Waals surface area (Å²) in [7, 11) is 0. The van der Waals surface area contributed by atoms with E-state index < -0.39 is 23.4 Å². The first-order valence-electron chi connectivity index (χ1n) is 11.6. The van der Waals surface area contributed by atoms with Crippen molar-refractivity contribution in [3.05, 3.63) is 80.7 Å². The molecule has 12 heteroatoms. The van der Waals surface area contributed by atoms with Gasteiger partial charge in [0.25, 0.3) is 11.8 Å². The minimum atomic E-state index is -0.626. The Kier molecular flexibility index (Phi) is 8.43. The van der Waals surface area contributed by atoms with Crippen LogP contribution < -0.4 is 10.6 Å². The molecule has 2 aromatic heterocycles. The van der Waals surface area contributed by atoms with Crippen molar-refractivity contribution in [2.45, 2.75) is 26.7 Å². The molecule has 0 saturated heterocycles. The lowest BCUT2D eigenvalue weighted by molar-refractivity contribution is 0.0938. The largest absolute Gasteiger partial charge is 0.360 e. The average Bonchev–Trinajstić information content (AvgIpc) is 3.43. The number of nitrogens with one attached hydrogen (secondary N) is 2. The van der Waals surface area contributed by atoms with Crippen LogP contribution in [0.5, 0.6) is 0 Å². The molecule has 0 aliphatic heterocycles. The van der Waals surface area contributed by atoms with E-state index in [1.54, 1.807) is 13.8 Å². The maximum Gasteiger partial charge on any atom is 0.257 e. The zero-order chi connectivity index (χ0) is 27.4. The summed E-state index contributed by atoms with van der Waals surface area (Å²) in [5.74, 6) is -1.79. The minimum Gasteiger partial charge on any atom is -0.360 e. The number of hydrogen-bond donors (Lipinski definition) is 2. The van der Waals surface area contributed by atoms with Crippen molar-refractivity contribution in [2.24, 2.45) is 0 Å². The van der Waals surface area contributed by atoms with Gasteiger partial charge in [-0.2, -0.15) is 0 Å². The second kappa shape index (κ2) is 11.7. The fourth-order valence-corrected chi connectivity index (χ4v) is 4.40. The number of carbonyl (C=O) groups excluding carboxylic acids is 2. The fourth-order valence-electron chi connectivity index (χ4n) is 3.90. The van der Waals surface area contributed by atoms with Crippen molar-refractivity contribution in [1.82, 2.24) is 20.9 Å². The molecule has 4 rings (SSSR count). The van der Waals surface area contributed by atoms with Crippen LogP contribution in [0.3, 0.4) is 0 Å². The van der Waals surface area contributed by atoms with Gasteiger partial charge in [0.15, 0.2) is 0 Å². The van der Waals surface area contributed by atoms with E-state index in [1.165, 1.54) is 36.4 Å². The first-order chi connectivity index (χ1) is 18.2. The Bertz CT molecular complexity index is 1350. The van der Waals surface area contributed by atoms with E-state index in [0.717, 1.165) is 0 Å². The van der Waals surface area contributed by atoms with Gasteiger partial charge in [-0.1, -0.05) is 45.6 Å². The molecular weight excluding hydrogens is 541 g/mol. The maximum atomic E-state index is 14.4. The second-order valence-electron chi connectivity index (χ2n) is 8.34. The van der Waals surface area contributed by atoms with Crippen LogP contribution in [0, 0.1) is 25.5 Å². The summed E-state index contributed by atoms with van der Waals surface area (Å²) in [6.45, 7) is 3.63. The van der Waals surface area contributed by atoms with E-state index in [4.69, 9.17) is 32.2 Å². The van der Waals surface area contributed by atoms with Crippen LogP contribution in [-0.4, -0.2) is 35.2 Å². The van der Waals surface area contributed by atoms with Gasteiger partial charge in [-0.25, -0.2) is 8.78 Å². The van der Waals surface area contributed by atoms with E-state index in [-0.39, 0.29) is 68.3 Å². The monoisotopic (exact) mass is 562 g/mol. The molecule has 0 atom stereocenters. The second-order valence-corrected chi connectivity index (χ2v) is 9.15. The lowest BCUT2D eigenvalue weighted by Gasteiger charge is -2.09. The van der Waals surface area contributed by atoms with Gasteiger partial charge in [-0.3, -0.25) is 9.59 Å². The number of benzene rings is 2. The van der Waals surface area contributed by atoms with E-state index in [2.05, 4.69) is 20.9 Å². The summed E-state index contributed by atoms with van der Waals surface area (Å²) >= 11 is 12.2. The van der Waals surface area contributed by atoms with E-state index in [0.29, 0.717) is 12.8 Å². The van der Waals surface area contributed by atoms with Crippen LogP contribution in [0.15, 0.2) is 45.4 Å². The molecule has 0 unspecified atom stereocenters. The molecule has 0 saturated carbocycles. The molecule has 38 heavy (non-hydrogen) atoms. The van der Waals surface area contributed by atoms with Crippen molar-refractivity contribution in [2.75, 3.05) is 13.1 Å². The average molecular weight is 563 g/mol. The van der Waals surface area contributed by atoms with Crippen LogP contribution in [0.1, 0.15) is 45.1 Å². The lowest BCUT2D eigenvalue weighted by atomic mass is 10.0. The molecule has 0 fully saturated rings. The Balaban J connectivity index is 1.32. The third-order valence-corrected chi connectivity index (χ3v) is 6.38. The van der Waals surface area contributed by atoms with Gasteiger partial charge in [-0.05, 0) is 51.0 Å². The number of amides is 2. The molecular formula is C26H22Cl2F2N4O4. The molecule has 0 aliphatic rings. The summed E-state index contributed by atoms with van der Waals surface area (Å²) in [5, 5.41) is 13.3. The first kappa shape index (κ1) is 27.3. The third kappa shape index (κ3) is 5.56. The molecule has 0 aliphatic carbocycles. The molecule has 0 spiro atoms. The Morgan fingerprint density at radius 1 is 0.763 bits per heavy atom. The molecule has 0 bridgehead atoms. The summed E-state index contributed by atoms with van der Waals surface area (Å²) in [6, 6.07) is 8.33. The Morgan fingerprint density at radius 2 is 1.16 bits per heavy atom. The smallest absolute Gasteiger partial charge is 0.257 e. The number of aromatic nitrogens is 2. The number of hydrogen-bond acceptors (Lipinski definition) is 6. The molecule has 2 N–H and O–H groups in total. The summed E-state index contributed by atoms with van der Waals surface area (Å²) in [6.07, 6.45) is 1.03. The van der Waals surface area contributed by atoms with Crippen molar-refractivity contribution >= 4 is 35.0 Å². The SMILES string of the molecule is Cc1onc(-c2c(F)cccc2Cl)c1C(=O)NCCCCNC(=O)c1c(-c2c(F)cccc2Cl)noc1C. The Morgan fingerprint density at radius 3 is 1.53 bits per heavy atom. The van der Waals surface area contributed by atoms with Crippen LogP contribution in [0.4, 0.5) is 8.78 Å². The highest BCUT2D eigenvalue weighted by molar-refractivity contribution is 6.34. The van der Waals surface area contributed by atoms with Gasteiger partial charge in [0.1, 0.15) is 45.7 Å². The lowest BCUT2D eigenvalue weighted by Crippen LogP contribution is -2.28. The van der Waals surface area contributed by atoms with E-state index >= 15 is 0 Å². The number of carbonyl (C=O) groups is 2. The predicted molar refractivity (Wildman–Crippen MR) is 137 cm³/mol. The summed E-state index contributed by atoms with van der Waals surface area (Å²) in [4.78, 5) is 25.6. The normalized spacial score (nSPS) is 11.0. The van der Waals surface area contributed by atoms with Crippen molar-refractivity contribution < 1.29 is 27.4 Å². The zero-order valence-electron chi connectivity index (χ0n) is 20.3. The van der Waals surface area contributed by atoms with Crippen LogP contribution in [0.25, 0.3) is 22.5 Å². The Hall–Kier alpha value is -3.76. The molecule has 4 aromatic rings. The summed E-state index contributed by atoms with van der Waals surface area (Å²) in [5.41, 5.74) is 0.188. The van der Waals surface area contributed by atoms with Gasteiger partial charge < -0.3 is 19.7 Å². The van der Waals surface area contributed by atoms with Gasteiger partial charge in [0, 0.05) is 13.1 Å². The number of unbranched alkanes of at least 4 members (excludes halogenated alkanes) is 1. The highest BCUT2D eigenvalue weighted by Gasteiger charge is 2.26. The predicted octanol–water partition coefficient (Wildman–Crippen LogP) is 6.14. The van der Waals surface area contributed by atoms with Crippen molar-refractivity contribution in [3.63, 3.8) is 0 Å². The summed E-state index contributed by atoms with van der Waals surface area (Å²) < 4.78 is 39.0. The van der Waals surface area contributed by atoms with Gasteiger partial charge in [-0.15, -0.1) is 0 Å². The van der Waals surface area contributed by atoms with E-state index in [1.807, 2.05) is 0 Å². The number of nitrogens with zero attached hydrogens (tertiary/aromatic N) is 2. The number of halogens is 4. The molecule has 198 valence electrons. The highest BCUT2D eigenvalue weighted by atomic mass is 35.5. The highest BCUT2D eigenvalue weighted by Crippen LogP contribution is 2.34. The van der Waals surface area contributed by atoms with Gasteiger partial charge in [0.2, 0.25) is 0 Å². The van der Waals surface area contributed by atoms with Crippen LogP contribution >= 0.6 is 23.2 Å². The zero-order valence-corrected chi connectivity index (χ0v) is 21.8. The van der Waals surface area contributed by atoms with Crippen molar-refractivity contribution in [3.8, 4) is 22.5 Å². The molecule has 2 aromatic carbocycles. The minimum absolute atomic E-state index is 0.0149. The number of aryl methyl sites for hydroxylation is 2. The van der Waals surface area contributed by atoms with Crippen LogP contribution in [0.2, 0.25) is 10.0 Å². The first-order valence-corrected chi connectivity index (χ1v) is 12.3. The molecule has 2 amide bonds. The standard InChI is InChI=1S/C26H22Cl2F2N4O4/c1-13-19(23(33-37-13)21-15(27)7-5-9-17(21)29)25(35)31-11-3-4-12-32-26(36)20-14(2)38-34-24(20)22-16(28)8-6-10-18(22)30/h5-10H,3-4,11-12H2,1-2H3,(H,31,35)(H,32,36). The topological polar surface area (TPSA) is 110 Å².